The highest BCUT2D eigenvalue weighted by Gasteiger charge is 2.24. The average molecular weight is 391 g/mol. The van der Waals surface area contributed by atoms with Gasteiger partial charge in [0.25, 0.3) is 11.8 Å². The first-order chi connectivity index (χ1) is 14.0. The maximum absolute atomic E-state index is 13.2. The number of aryl methyl sites for hydroxylation is 2. The number of likely N-dealkylation sites (N-methyl/N-ethyl adjacent to an activating group) is 1. The molecule has 2 heterocycles. The van der Waals surface area contributed by atoms with Gasteiger partial charge in [0.15, 0.2) is 6.61 Å². The van der Waals surface area contributed by atoms with E-state index in [9.17, 15) is 9.59 Å². The Hall–Kier alpha value is -3.28. The van der Waals surface area contributed by atoms with Crippen molar-refractivity contribution in [3.05, 3.63) is 53.7 Å². The van der Waals surface area contributed by atoms with Gasteiger partial charge in [-0.2, -0.15) is 0 Å². The van der Waals surface area contributed by atoms with Gasteiger partial charge in [-0.25, -0.2) is 0 Å². The number of nitrogens with one attached hydrogen (secondary N) is 1. The van der Waals surface area contributed by atoms with E-state index in [2.05, 4.69) is 28.9 Å². The highest BCUT2D eigenvalue weighted by atomic mass is 16.5. The molecule has 0 bridgehead atoms. The number of nitrogens with zero attached hydrogens (tertiary/aromatic N) is 2. The molecule has 150 valence electrons. The van der Waals surface area contributed by atoms with Crippen LogP contribution in [0.1, 0.15) is 35.8 Å². The van der Waals surface area contributed by atoms with E-state index in [0.717, 1.165) is 35.9 Å². The van der Waals surface area contributed by atoms with E-state index < -0.39 is 0 Å². The number of ether oxygens (including phenoxy) is 1. The van der Waals surface area contributed by atoms with Crippen molar-refractivity contribution in [3.8, 4) is 5.75 Å². The molecule has 2 amide bonds. The number of aromatic nitrogens is 1. The van der Waals surface area contributed by atoms with Crippen molar-refractivity contribution < 1.29 is 14.3 Å². The molecule has 3 aromatic rings. The summed E-state index contributed by atoms with van der Waals surface area (Å²) in [6, 6.07) is 13.5. The zero-order chi connectivity index (χ0) is 20.5. The Labute approximate surface area is 170 Å². The van der Waals surface area contributed by atoms with Gasteiger partial charge in [0.2, 0.25) is 0 Å². The zero-order valence-corrected chi connectivity index (χ0v) is 17.0. The first kappa shape index (κ1) is 19.1. The molecular weight excluding hydrogens is 366 g/mol. The second-order valence-corrected chi connectivity index (χ2v) is 7.37. The molecule has 2 aromatic carbocycles. The SMILES string of the molecule is CCCCn1c(C(=O)Nc2ccc3c(c2)OCC(=O)N3C)c(C)c2ccccc21. The normalized spacial score (nSPS) is 13.3. The first-order valence-corrected chi connectivity index (χ1v) is 9.93. The van der Waals surface area contributed by atoms with Crippen LogP contribution in [0.15, 0.2) is 42.5 Å². The predicted octanol–water partition coefficient (Wildman–Crippen LogP) is 4.36. The van der Waals surface area contributed by atoms with Crippen LogP contribution >= 0.6 is 0 Å². The number of hydrogen-bond acceptors (Lipinski definition) is 3. The lowest BCUT2D eigenvalue weighted by molar-refractivity contribution is -0.120. The van der Waals surface area contributed by atoms with Crippen molar-refractivity contribution in [2.45, 2.75) is 33.2 Å². The van der Waals surface area contributed by atoms with E-state index in [1.807, 2.05) is 19.1 Å². The minimum Gasteiger partial charge on any atom is -0.481 e. The molecule has 1 aliphatic rings. The molecule has 0 saturated heterocycles. The van der Waals surface area contributed by atoms with E-state index in [0.29, 0.717) is 22.8 Å². The Morgan fingerprint density at radius 3 is 2.79 bits per heavy atom. The van der Waals surface area contributed by atoms with Crippen molar-refractivity contribution in [2.75, 3.05) is 23.9 Å². The van der Waals surface area contributed by atoms with Crippen molar-refractivity contribution in [3.63, 3.8) is 0 Å². The van der Waals surface area contributed by atoms with E-state index in [-0.39, 0.29) is 18.4 Å². The van der Waals surface area contributed by atoms with E-state index in [1.165, 1.54) is 0 Å². The summed E-state index contributed by atoms with van der Waals surface area (Å²) in [7, 11) is 1.72. The summed E-state index contributed by atoms with van der Waals surface area (Å²) in [5.41, 5.74) is 4.09. The van der Waals surface area contributed by atoms with E-state index in [1.54, 1.807) is 30.1 Å². The fraction of sp³-hybridized carbons (Fsp3) is 0.304. The van der Waals surface area contributed by atoms with Gasteiger partial charge in [-0.15, -0.1) is 0 Å². The fourth-order valence-corrected chi connectivity index (χ4v) is 3.86. The Morgan fingerprint density at radius 2 is 2.00 bits per heavy atom. The summed E-state index contributed by atoms with van der Waals surface area (Å²) in [6.45, 7) is 4.95. The second kappa shape index (κ2) is 7.62. The lowest BCUT2D eigenvalue weighted by Gasteiger charge is -2.26. The number of benzene rings is 2. The van der Waals surface area contributed by atoms with Crippen LogP contribution in [0.4, 0.5) is 11.4 Å². The third-order valence-corrected chi connectivity index (χ3v) is 5.48. The third kappa shape index (κ3) is 3.35. The monoisotopic (exact) mass is 391 g/mol. The zero-order valence-electron chi connectivity index (χ0n) is 17.0. The maximum atomic E-state index is 13.2. The molecule has 6 nitrogen and oxygen atoms in total. The number of rotatable bonds is 5. The van der Waals surface area contributed by atoms with Gasteiger partial charge in [0.05, 0.1) is 5.69 Å². The van der Waals surface area contributed by atoms with Crippen LogP contribution in [-0.2, 0) is 11.3 Å². The molecule has 0 saturated carbocycles. The third-order valence-electron chi connectivity index (χ3n) is 5.48. The summed E-state index contributed by atoms with van der Waals surface area (Å²) >= 11 is 0. The number of fused-ring (bicyclic) bond motifs is 2. The fourth-order valence-electron chi connectivity index (χ4n) is 3.86. The number of unbranched alkanes of at least 4 members (excludes halogenated alkanes) is 1. The van der Waals surface area contributed by atoms with Crippen LogP contribution in [0.3, 0.4) is 0 Å². The Balaban J connectivity index is 1.68. The largest absolute Gasteiger partial charge is 0.481 e. The van der Waals surface area contributed by atoms with Gasteiger partial charge in [0, 0.05) is 36.2 Å². The number of para-hydroxylation sites is 1. The Kier molecular flexibility index (Phi) is 5.01. The predicted molar refractivity (Wildman–Crippen MR) is 115 cm³/mol. The summed E-state index contributed by atoms with van der Waals surface area (Å²) in [6.07, 6.45) is 2.06. The van der Waals surface area contributed by atoms with Crippen molar-refractivity contribution in [1.82, 2.24) is 4.57 Å². The summed E-state index contributed by atoms with van der Waals surface area (Å²) in [5, 5.41) is 4.11. The highest BCUT2D eigenvalue weighted by molar-refractivity contribution is 6.08. The topological polar surface area (TPSA) is 63.6 Å². The first-order valence-electron chi connectivity index (χ1n) is 9.93. The summed E-state index contributed by atoms with van der Waals surface area (Å²) in [5.74, 6) is 0.355. The molecule has 0 aliphatic carbocycles. The van der Waals surface area contributed by atoms with Crippen LogP contribution in [0.2, 0.25) is 0 Å². The molecule has 0 spiro atoms. The highest BCUT2D eigenvalue weighted by Crippen LogP contribution is 2.34. The lowest BCUT2D eigenvalue weighted by atomic mass is 10.1. The van der Waals surface area contributed by atoms with Crippen LogP contribution < -0.4 is 15.0 Å². The van der Waals surface area contributed by atoms with E-state index >= 15 is 0 Å². The molecule has 0 unspecified atom stereocenters. The quantitative estimate of drug-likeness (QED) is 0.703. The standard InChI is InChI=1S/C23H25N3O3/c1-4-5-12-26-18-9-7-6-8-17(18)15(2)22(26)23(28)24-16-10-11-19-20(13-16)29-14-21(27)25(19)3/h6-11,13H,4-5,12,14H2,1-3H3,(H,24,28). The number of carbonyl (C=O) groups excluding carboxylic acids is 2. The van der Waals surface area contributed by atoms with Crippen molar-refractivity contribution in [1.29, 1.82) is 0 Å². The van der Waals surface area contributed by atoms with Gasteiger partial charge in [-0.1, -0.05) is 31.5 Å². The smallest absolute Gasteiger partial charge is 0.272 e. The number of amides is 2. The van der Waals surface area contributed by atoms with Gasteiger partial charge >= 0.3 is 0 Å². The van der Waals surface area contributed by atoms with Crippen LogP contribution in [-0.4, -0.2) is 30.0 Å². The van der Waals surface area contributed by atoms with Crippen molar-refractivity contribution in [2.24, 2.45) is 0 Å². The van der Waals surface area contributed by atoms with Crippen LogP contribution in [0.25, 0.3) is 10.9 Å². The van der Waals surface area contributed by atoms with Gasteiger partial charge in [0.1, 0.15) is 11.4 Å². The second-order valence-electron chi connectivity index (χ2n) is 7.37. The minimum absolute atomic E-state index is 0.00522. The van der Waals surface area contributed by atoms with Gasteiger partial charge in [-0.05, 0) is 37.1 Å². The molecule has 0 fully saturated rings. The molecule has 0 radical (unpaired) electrons. The molecule has 1 aromatic heterocycles. The molecule has 1 N–H and O–H groups in total. The number of hydrogen-bond donors (Lipinski definition) is 1. The Morgan fingerprint density at radius 1 is 1.21 bits per heavy atom. The summed E-state index contributed by atoms with van der Waals surface area (Å²) in [4.78, 5) is 26.6. The molecule has 1 aliphatic heterocycles. The molecule has 0 atom stereocenters. The Bertz CT molecular complexity index is 1100. The maximum Gasteiger partial charge on any atom is 0.272 e. The van der Waals surface area contributed by atoms with Gasteiger partial charge < -0.3 is 19.5 Å². The summed E-state index contributed by atoms with van der Waals surface area (Å²) < 4.78 is 7.65. The van der Waals surface area contributed by atoms with Crippen LogP contribution in [0, 0.1) is 6.92 Å². The molecule has 4 rings (SSSR count). The molecule has 6 heteroatoms. The molecule has 29 heavy (non-hydrogen) atoms. The minimum atomic E-state index is -0.144. The van der Waals surface area contributed by atoms with E-state index in [4.69, 9.17) is 4.74 Å². The molecular formula is C23H25N3O3. The number of carbonyl (C=O) groups is 2. The van der Waals surface area contributed by atoms with Crippen molar-refractivity contribution >= 4 is 34.1 Å². The average Bonchev–Trinajstić information content (AvgIpc) is 3.01. The lowest BCUT2D eigenvalue weighted by Crippen LogP contribution is -2.35. The number of anilines is 2. The van der Waals surface area contributed by atoms with Crippen LogP contribution in [0.5, 0.6) is 5.75 Å². The van der Waals surface area contributed by atoms with Gasteiger partial charge in [-0.3, -0.25) is 9.59 Å².